The highest BCUT2D eigenvalue weighted by molar-refractivity contribution is 6.42. The number of halogens is 2. The molecule has 21 heavy (non-hydrogen) atoms. The van der Waals surface area contributed by atoms with Gasteiger partial charge in [0.2, 0.25) is 5.91 Å². The predicted octanol–water partition coefficient (Wildman–Crippen LogP) is 0.817. The topological polar surface area (TPSA) is 119 Å². The van der Waals surface area contributed by atoms with Crippen molar-refractivity contribution in [1.82, 2.24) is 5.32 Å². The van der Waals surface area contributed by atoms with Crippen LogP contribution >= 0.6 is 23.2 Å². The average Bonchev–Trinajstić information content (AvgIpc) is 2.38. The van der Waals surface area contributed by atoms with E-state index < -0.39 is 36.9 Å². The van der Waals surface area contributed by atoms with Gasteiger partial charge >= 0.3 is 5.97 Å². The van der Waals surface area contributed by atoms with Crippen LogP contribution in [0.1, 0.15) is 6.42 Å². The van der Waals surface area contributed by atoms with Gasteiger partial charge in [-0.1, -0.05) is 23.2 Å². The standard InChI is InChI=1S/C12H12Cl2N2O5/c13-7-2-1-6(3-8(7)14)21-5-11(18)16-9(12(19)20)4-10(15)17/h1-3,9H,4-5H2,(H2,15,17)(H,16,18)(H,19,20)/t9-/m0/s1. The first-order valence-corrected chi connectivity index (χ1v) is 6.43. The Kier molecular flexibility index (Phi) is 6.26. The molecule has 0 radical (unpaired) electrons. The van der Waals surface area contributed by atoms with Crippen molar-refractivity contribution in [3.63, 3.8) is 0 Å². The van der Waals surface area contributed by atoms with Crippen LogP contribution in [-0.2, 0) is 14.4 Å². The van der Waals surface area contributed by atoms with Crippen LogP contribution in [0.2, 0.25) is 10.0 Å². The molecular weight excluding hydrogens is 323 g/mol. The second-order valence-electron chi connectivity index (χ2n) is 3.99. The van der Waals surface area contributed by atoms with Gasteiger partial charge in [0, 0.05) is 6.07 Å². The van der Waals surface area contributed by atoms with Crippen LogP contribution in [0.15, 0.2) is 18.2 Å². The molecule has 0 heterocycles. The summed E-state index contributed by atoms with van der Waals surface area (Å²) >= 11 is 11.5. The third kappa shape index (κ3) is 5.88. The van der Waals surface area contributed by atoms with E-state index in [0.29, 0.717) is 10.8 Å². The molecular formula is C12H12Cl2N2O5. The number of carboxylic acid groups (broad SMARTS) is 1. The molecule has 0 aliphatic rings. The number of amides is 2. The largest absolute Gasteiger partial charge is 0.484 e. The predicted molar refractivity (Wildman–Crippen MR) is 75.3 cm³/mol. The quantitative estimate of drug-likeness (QED) is 0.681. The molecule has 1 rings (SSSR count). The highest BCUT2D eigenvalue weighted by Crippen LogP contribution is 2.26. The summed E-state index contributed by atoms with van der Waals surface area (Å²) in [6.07, 6.45) is -0.506. The fraction of sp³-hybridized carbons (Fsp3) is 0.250. The molecule has 0 aliphatic heterocycles. The van der Waals surface area contributed by atoms with Crippen LogP contribution in [0.4, 0.5) is 0 Å². The van der Waals surface area contributed by atoms with Crippen LogP contribution in [-0.4, -0.2) is 35.5 Å². The molecule has 0 aliphatic carbocycles. The number of ether oxygens (including phenoxy) is 1. The van der Waals surface area contributed by atoms with E-state index in [2.05, 4.69) is 5.32 Å². The van der Waals surface area contributed by atoms with Crippen molar-refractivity contribution in [3.8, 4) is 5.75 Å². The average molecular weight is 335 g/mol. The van der Waals surface area contributed by atoms with Crippen LogP contribution in [0.3, 0.4) is 0 Å². The van der Waals surface area contributed by atoms with Crippen molar-refractivity contribution in [2.45, 2.75) is 12.5 Å². The van der Waals surface area contributed by atoms with E-state index in [9.17, 15) is 14.4 Å². The van der Waals surface area contributed by atoms with E-state index in [0.717, 1.165) is 0 Å². The van der Waals surface area contributed by atoms with Gasteiger partial charge in [0.05, 0.1) is 16.5 Å². The smallest absolute Gasteiger partial charge is 0.326 e. The van der Waals surface area contributed by atoms with Gasteiger partial charge < -0.3 is 20.9 Å². The summed E-state index contributed by atoms with van der Waals surface area (Å²) < 4.78 is 5.12. The normalized spacial score (nSPS) is 11.5. The summed E-state index contributed by atoms with van der Waals surface area (Å²) in [6, 6.07) is 3.01. The summed E-state index contributed by atoms with van der Waals surface area (Å²) in [4.78, 5) is 33.1. The number of carbonyl (C=O) groups is 3. The van der Waals surface area contributed by atoms with E-state index in [-0.39, 0.29) is 5.02 Å². The van der Waals surface area contributed by atoms with E-state index >= 15 is 0 Å². The Labute approximate surface area is 130 Å². The lowest BCUT2D eigenvalue weighted by Gasteiger charge is -2.13. The Bertz CT molecular complexity index is 565. The van der Waals surface area contributed by atoms with Gasteiger partial charge in [0.15, 0.2) is 6.61 Å². The first kappa shape index (κ1) is 17.1. The molecule has 1 aromatic carbocycles. The minimum absolute atomic E-state index is 0.256. The van der Waals surface area contributed by atoms with Crippen molar-refractivity contribution < 1.29 is 24.2 Å². The van der Waals surface area contributed by atoms with E-state index in [1.165, 1.54) is 18.2 Å². The third-order valence-electron chi connectivity index (χ3n) is 2.30. The highest BCUT2D eigenvalue weighted by Gasteiger charge is 2.22. The van der Waals surface area contributed by atoms with Gasteiger partial charge in [0.25, 0.3) is 5.91 Å². The molecule has 1 aromatic rings. The maximum absolute atomic E-state index is 11.6. The zero-order valence-electron chi connectivity index (χ0n) is 10.6. The lowest BCUT2D eigenvalue weighted by atomic mass is 10.2. The third-order valence-corrected chi connectivity index (χ3v) is 3.04. The Balaban J connectivity index is 2.54. The maximum Gasteiger partial charge on any atom is 0.326 e. The zero-order valence-corrected chi connectivity index (χ0v) is 12.1. The molecule has 2 amide bonds. The van der Waals surface area contributed by atoms with E-state index in [1.807, 2.05) is 0 Å². The molecule has 0 aromatic heterocycles. The van der Waals surface area contributed by atoms with Gasteiger partial charge in [0.1, 0.15) is 11.8 Å². The molecule has 0 spiro atoms. The zero-order chi connectivity index (χ0) is 16.0. The number of carbonyl (C=O) groups excluding carboxylic acids is 2. The number of primary amides is 1. The lowest BCUT2D eigenvalue weighted by molar-refractivity contribution is -0.143. The fourth-order valence-electron chi connectivity index (χ4n) is 1.35. The molecule has 7 nitrogen and oxygen atoms in total. The first-order chi connectivity index (χ1) is 9.79. The lowest BCUT2D eigenvalue weighted by Crippen LogP contribution is -2.45. The summed E-state index contributed by atoms with van der Waals surface area (Å²) in [7, 11) is 0. The minimum atomic E-state index is -1.40. The molecule has 0 unspecified atom stereocenters. The second kappa shape index (κ2) is 7.70. The number of benzene rings is 1. The van der Waals surface area contributed by atoms with Crippen molar-refractivity contribution in [1.29, 1.82) is 0 Å². The summed E-state index contributed by atoms with van der Waals surface area (Å²) in [5.74, 6) is -2.62. The summed E-state index contributed by atoms with van der Waals surface area (Å²) in [5, 5.41) is 11.5. The number of hydrogen-bond acceptors (Lipinski definition) is 4. The second-order valence-corrected chi connectivity index (χ2v) is 4.81. The number of hydrogen-bond donors (Lipinski definition) is 3. The van der Waals surface area contributed by atoms with Crippen LogP contribution in [0, 0.1) is 0 Å². The Morgan fingerprint density at radius 2 is 1.95 bits per heavy atom. The molecule has 0 fully saturated rings. The number of nitrogens with two attached hydrogens (primary N) is 1. The molecule has 1 atom stereocenters. The van der Waals surface area contributed by atoms with Crippen molar-refractivity contribution >= 4 is 41.0 Å². The van der Waals surface area contributed by atoms with E-state index in [4.69, 9.17) is 38.8 Å². The number of nitrogens with one attached hydrogen (secondary N) is 1. The van der Waals surface area contributed by atoms with Gasteiger partial charge in [-0.3, -0.25) is 9.59 Å². The summed E-state index contributed by atoms with van der Waals surface area (Å²) in [6.45, 7) is -0.444. The molecule has 0 bridgehead atoms. The van der Waals surface area contributed by atoms with Crippen LogP contribution < -0.4 is 15.8 Å². The molecule has 0 saturated carbocycles. The van der Waals surface area contributed by atoms with Crippen molar-refractivity contribution in [2.75, 3.05) is 6.61 Å². The maximum atomic E-state index is 11.6. The SMILES string of the molecule is NC(=O)C[C@H](NC(=O)COc1ccc(Cl)c(Cl)c1)C(=O)O. The highest BCUT2D eigenvalue weighted by atomic mass is 35.5. The van der Waals surface area contributed by atoms with Crippen LogP contribution in [0.25, 0.3) is 0 Å². The number of rotatable bonds is 7. The van der Waals surface area contributed by atoms with Gasteiger partial charge in [-0.25, -0.2) is 4.79 Å². The number of carboxylic acids is 1. The molecule has 0 saturated heterocycles. The Hall–Kier alpha value is -1.99. The van der Waals surface area contributed by atoms with Crippen molar-refractivity contribution in [2.24, 2.45) is 5.73 Å². The first-order valence-electron chi connectivity index (χ1n) is 5.68. The molecule has 114 valence electrons. The number of aliphatic carboxylic acids is 1. The Morgan fingerprint density at radius 1 is 1.29 bits per heavy atom. The summed E-state index contributed by atoms with van der Waals surface area (Å²) in [5.41, 5.74) is 4.89. The van der Waals surface area contributed by atoms with Gasteiger partial charge in [-0.2, -0.15) is 0 Å². The van der Waals surface area contributed by atoms with E-state index in [1.54, 1.807) is 0 Å². The fourth-order valence-corrected chi connectivity index (χ4v) is 1.64. The van der Waals surface area contributed by atoms with Gasteiger partial charge in [-0.15, -0.1) is 0 Å². The molecule has 9 heteroatoms. The monoisotopic (exact) mass is 334 g/mol. The van der Waals surface area contributed by atoms with Crippen LogP contribution in [0.5, 0.6) is 5.75 Å². The van der Waals surface area contributed by atoms with Gasteiger partial charge in [-0.05, 0) is 12.1 Å². The van der Waals surface area contributed by atoms with Crippen molar-refractivity contribution in [3.05, 3.63) is 28.2 Å². The minimum Gasteiger partial charge on any atom is -0.484 e. The molecule has 4 N–H and O–H groups in total. The Morgan fingerprint density at radius 3 is 2.48 bits per heavy atom.